The zero-order valence-corrected chi connectivity index (χ0v) is 15.4. The van der Waals surface area contributed by atoms with Crippen molar-refractivity contribution >= 4 is 34.0 Å². The van der Waals surface area contributed by atoms with Crippen LogP contribution in [-0.4, -0.2) is 40.3 Å². The van der Waals surface area contributed by atoms with Crippen LogP contribution in [0.2, 0.25) is 0 Å². The molecular formula is C19H24N4O3. The van der Waals surface area contributed by atoms with Gasteiger partial charge >= 0.3 is 5.97 Å². The zero-order valence-electron chi connectivity index (χ0n) is 15.4. The van der Waals surface area contributed by atoms with Crippen LogP contribution in [-0.2, 0) is 16.0 Å². The Morgan fingerprint density at radius 1 is 1.27 bits per heavy atom. The number of benzene rings is 1. The van der Waals surface area contributed by atoms with Crippen LogP contribution < -0.4 is 5.73 Å². The van der Waals surface area contributed by atoms with Crippen molar-refractivity contribution in [1.82, 2.24) is 14.5 Å². The zero-order chi connectivity index (χ0) is 18.7. The van der Waals surface area contributed by atoms with E-state index in [1.54, 1.807) is 14.0 Å². The number of hydrogen-bond donors (Lipinski definition) is 1. The molecule has 26 heavy (non-hydrogen) atoms. The highest BCUT2D eigenvalue weighted by molar-refractivity contribution is 6.08. The SMILES string of the molecule is CCCCn1c(N)c(C(=O)O[C@H](C)COC)c2nc3ccccc3nc21. The normalized spacial score (nSPS) is 12.6. The molecule has 1 aromatic carbocycles. The van der Waals surface area contributed by atoms with Gasteiger partial charge in [-0.1, -0.05) is 25.5 Å². The molecule has 7 nitrogen and oxygen atoms in total. The third-order valence-corrected chi connectivity index (χ3v) is 4.24. The second kappa shape index (κ2) is 7.70. The Kier molecular flexibility index (Phi) is 5.37. The molecule has 3 rings (SSSR count). The van der Waals surface area contributed by atoms with Crippen molar-refractivity contribution in [1.29, 1.82) is 0 Å². The van der Waals surface area contributed by atoms with Gasteiger partial charge in [0.2, 0.25) is 0 Å². The summed E-state index contributed by atoms with van der Waals surface area (Å²) in [5.41, 5.74) is 9.17. The lowest BCUT2D eigenvalue weighted by Gasteiger charge is -2.12. The maximum absolute atomic E-state index is 12.7. The van der Waals surface area contributed by atoms with Crippen molar-refractivity contribution in [2.75, 3.05) is 19.5 Å². The maximum Gasteiger partial charge on any atom is 0.344 e. The molecular weight excluding hydrogens is 332 g/mol. The van der Waals surface area contributed by atoms with Crippen LogP contribution in [0.25, 0.3) is 22.2 Å². The smallest absolute Gasteiger partial charge is 0.344 e. The molecule has 2 N–H and O–H groups in total. The minimum absolute atomic E-state index is 0.275. The highest BCUT2D eigenvalue weighted by atomic mass is 16.6. The van der Waals surface area contributed by atoms with Crippen LogP contribution in [0.5, 0.6) is 0 Å². The number of carbonyl (C=O) groups excluding carboxylic acids is 1. The van der Waals surface area contributed by atoms with Gasteiger partial charge < -0.3 is 19.8 Å². The fourth-order valence-electron chi connectivity index (χ4n) is 2.97. The highest BCUT2D eigenvalue weighted by Crippen LogP contribution is 2.29. The van der Waals surface area contributed by atoms with E-state index in [1.165, 1.54) is 0 Å². The molecule has 0 aliphatic heterocycles. The van der Waals surface area contributed by atoms with Crippen LogP contribution in [0, 0.1) is 0 Å². The van der Waals surface area contributed by atoms with E-state index in [-0.39, 0.29) is 11.7 Å². The molecule has 0 saturated carbocycles. The third kappa shape index (κ3) is 3.35. The third-order valence-electron chi connectivity index (χ3n) is 4.24. The summed E-state index contributed by atoms with van der Waals surface area (Å²) >= 11 is 0. The summed E-state index contributed by atoms with van der Waals surface area (Å²) < 4.78 is 12.4. The van der Waals surface area contributed by atoms with Gasteiger partial charge in [0.1, 0.15) is 23.0 Å². The number of hydrogen-bond acceptors (Lipinski definition) is 6. The number of para-hydroxylation sites is 2. The molecule has 0 fully saturated rings. The molecule has 138 valence electrons. The first-order valence-electron chi connectivity index (χ1n) is 8.81. The number of rotatable bonds is 7. The minimum atomic E-state index is -0.503. The number of ether oxygens (including phenoxy) is 2. The van der Waals surface area contributed by atoms with Crippen molar-refractivity contribution in [2.24, 2.45) is 0 Å². The number of nitrogens with zero attached hydrogens (tertiary/aromatic N) is 3. The molecule has 7 heteroatoms. The van der Waals surface area contributed by atoms with E-state index in [0.717, 1.165) is 18.4 Å². The summed E-state index contributed by atoms with van der Waals surface area (Å²) in [6.45, 7) is 4.86. The molecule has 0 amide bonds. The van der Waals surface area contributed by atoms with E-state index in [0.29, 0.717) is 35.7 Å². The fourth-order valence-corrected chi connectivity index (χ4v) is 2.97. The van der Waals surface area contributed by atoms with Crippen molar-refractivity contribution in [2.45, 2.75) is 39.3 Å². The number of esters is 1. The van der Waals surface area contributed by atoms with E-state index in [4.69, 9.17) is 20.2 Å². The van der Waals surface area contributed by atoms with E-state index < -0.39 is 5.97 Å². The molecule has 0 saturated heterocycles. The lowest BCUT2D eigenvalue weighted by atomic mass is 10.2. The van der Waals surface area contributed by atoms with Gasteiger partial charge in [0.05, 0.1) is 17.6 Å². The summed E-state index contributed by atoms with van der Waals surface area (Å²) in [6, 6.07) is 7.56. The molecule has 2 aromatic heterocycles. The Morgan fingerprint density at radius 2 is 1.96 bits per heavy atom. The van der Waals surface area contributed by atoms with E-state index >= 15 is 0 Å². The maximum atomic E-state index is 12.7. The van der Waals surface area contributed by atoms with E-state index in [1.807, 2.05) is 28.8 Å². The van der Waals surface area contributed by atoms with Crippen LogP contribution in [0.4, 0.5) is 5.82 Å². The highest BCUT2D eigenvalue weighted by Gasteiger charge is 2.26. The molecule has 0 bridgehead atoms. The van der Waals surface area contributed by atoms with E-state index in [2.05, 4.69) is 11.9 Å². The summed E-state index contributed by atoms with van der Waals surface area (Å²) in [5, 5.41) is 0. The molecule has 1 atom stereocenters. The van der Waals surface area contributed by atoms with E-state index in [9.17, 15) is 4.79 Å². The van der Waals surface area contributed by atoms with Crippen LogP contribution in [0.15, 0.2) is 24.3 Å². The number of unbranched alkanes of at least 4 members (excludes halogenated alkanes) is 1. The van der Waals surface area contributed by atoms with Gasteiger partial charge in [-0.2, -0.15) is 0 Å². The predicted molar refractivity (Wildman–Crippen MR) is 101 cm³/mol. The Labute approximate surface area is 152 Å². The van der Waals surface area contributed by atoms with Crippen LogP contribution in [0.3, 0.4) is 0 Å². The van der Waals surface area contributed by atoms with Gasteiger partial charge in [-0.3, -0.25) is 0 Å². The Hall–Kier alpha value is -2.67. The standard InChI is InChI=1S/C19H24N4O3/c1-4-5-10-23-17(20)15(19(24)26-12(2)11-25-3)16-18(23)22-14-9-7-6-8-13(14)21-16/h6-9,12H,4-5,10-11,20H2,1-3H3/t12-/m1/s1. The first-order chi connectivity index (χ1) is 12.6. The number of aryl methyl sites for hydroxylation is 1. The average molecular weight is 356 g/mol. The second-order valence-corrected chi connectivity index (χ2v) is 6.32. The Morgan fingerprint density at radius 3 is 2.62 bits per heavy atom. The van der Waals surface area contributed by atoms with Gasteiger partial charge in [-0.15, -0.1) is 0 Å². The van der Waals surface area contributed by atoms with Crippen LogP contribution >= 0.6 is 0 Å². The number of nitrogen functional groups attached to an aromatic ring is 1. The topological polar surface area (TPSA) is 92.3 Å². The first kappa shape index (κ1) is 18.1. The fraction of sp³-hybridized carbons (Fsp3) is 0.421. The summed E-state index contributed by atoms with van der Waals surface area (Å²) in [6.07, 6.45) is 1.55. The number of aromatic nitrogens is 3. The lowest BCUT2D eigenvalue weighted by molar-refractivity contribution is 0.0123. The first-order valence-corrected chi connectivity index (χ1v) is 8.81. The summed E-state index contributed by atoms with van der Waals surface area (Å²) in [5.74, 6) is -0.157. The largest absolute Gasteiger partial charge is 0.456 e. The number of anilines is 1. The van der Waals surface area contributed by atoms with Gasteiger partial charge in [-0.05, 0) is 25.5 Å². The van der Waals surface area contributed by atoms with Crippen molar-refractivity contribution < 1.29 is 14.3 Å². The number of carbonyl (C=O) groups is 1. The molecule has 2 heterocycles. The monoisotopic (exact) mass is 356 g/mol. The van der Waals surface area contributed by atoms with Gasteiger partial charge in [0.15, 0.2) is 5.65 Å². The van der Waals surface area contributed by atoms with Crippen LogP contribution in [0.1, 0.15) is 37.0 Å². The number of methoxy groups -OCH3 is 1. The van der Waals surface area contributed by atoms with Crippen molar-refractivity contribution in [3.05, 3.63) is 29.8 Å². The molecule has 0 aliphatic rings. The van der Waals surface area contributed by atoms with Crippen molar-refractivity contribution in [3.8, 4) is 0 Å². The quantitative estimate of drug-likeness (QED) is 0.654. The lowest BCUT2D eigenvalue weighted by Crippen LogP contribution is -2.20. The van der Waals surface area contributed by atoms with Gasteiger partial charge in [-0.25, -0.2) is 14.8 Å². The molecule has 3 aromatic rings. The van der Waals surface area contributed by atoms with Gasteiger partial charge in [0.25, 0.3) is 0 Å². The predicted octanol–water partition coefficient (Wildman–Crippen LogP) is 3.16. The minimum Gasteiger partial charge on any atom is -0.456 e. The number of fused-ring (bicyclic) bond motifs is 2. The second-order valence-electron chi connectivity index (χ2n) is 6.32. The Balaban J connectivity index is 2.15. The summed E-state index contributed by atoms with van der Waals surface area (Å²) in [7, 11) is 1.56. The van der Waals surface area contributed by atoms with Crippen molar-refractivity contribution in [3.63, 3.8) is 0 Å². The molecule has 0 unspecified atom stereocenters. The summed E-state index contributed by atoms with van der Waals surface area (Å²) in [4.78, 5) is 22.1. The molecule has 0 radical (unpaired) electrons. The molecule has 0 spiro atoms. The average Bonchev–Trinajstić information content (AvgIpc) is 2.88. The Bertz CT molecular complexity index is 935. The number of nitrogens with two attached hydrogens (primary N) is 1. The van der Waals surface area contributed by atoms with Gasteiger partial charge in [0, 0.05) is 13.7 Å². The molecule has 0 aliphatic carbocycles.